The number of rotatable bonds is 4. The number of nitrogens with one attached hydrogen (secondary N) is 3. The van der Waals surface area contributed by atoms with Crippen molar-refractivity contribution in [2.45, 2.75) is 44.0 Å². The molecule has 0 unspecified atom stereocenters. The van der Waals surface area contributed by atoms with Crippen molar-refractivity contribution in [2.24, 2.45) is 11.8 Å². The van der Waals surface area contributed by atoms with Gasteiger partial charge in [0.15, 0.2) is 0 Å². The second kappa shape index (κ2) is 8.50. The van der Waals surface area contributed by atoms with Gasteiger partial charge in [0, 0.05) is 24.7 Å². The molecule has 9 nitrogen and oxygen atoms in total. The highest BCUT2D eigenvalue weighted by atomic mass is 32.2. The number of benzene rings is 1. The molecular formula is C19H26N4O5S. The summed E-state index contributed by atoms with van der Waals surface area (Å²) in [5, 5.41) is 2.50. The summed E-state index contributed by atoms with van der Waals surface area (Å²) in [7, 11) is -3.63. The average Bonchev–Trinajstić information content (AvgIpc) is 3.49. The van der Waals surface area contributed by atoms with Crippen LogP contribution in [0.2, 0.25) is 0 Å². The molecule has 3 rings (SSSR count). The molecule has 1 heterocycles. The molecular weight excluding hydrogens is 396 g/mol. The maximum absolute atomic E-state index is 12.9. The van der Waals surface area contributed by atoms with Crippen molar-refractivity contribution in [2.75, 3.05) is 13.1 Å². The third kappa shape index (κ3) is 5.33. The Morgan fingerprint density at radius 2 is 1.52 bits per heavy atom. The van der Waals surface area contributed by atoms with Crippen LogP contribution >= 0.6 is 0 Å². The number of hydrogen-bond donors (Lipinski definition) is 3. The van der Waals surface area contributed by atoms with Crippen molar-refractivity contribution in [1.82, 2.24) is 20.5 Å². The first kappa shape index (κ1) is 21.3. The minimum atomic E-state index is -3.63. The monoisotopic (exact) mass is 422 g/mol. The van der Waals surface area contributed by atoms with Crippen molar-refractivity contribution in [1.29, 1.82) is 0 Å². The molecule has 0 bridgehead atoms. The zero-order valence-electron chi connectivity index (χ0n) is 16.5. The van der Waals surface area contributed by atoms with Crippen LogP contribution in [0.4, 0.5) is 0 Å². The summed E-state index contributed by atoms with van der Waals surface area (Å²) in [5.41, 5.74) is 4.35. The lowest BCUT2D eigenvalue weighted by molar-refractivity contribution is -0.139. The molecule has 0 radical (unpaired) electrons. The fourth-order valence-corrected chi connectivity index (χ4v) is 5.13. The molecule has 1 aromatic carbocycles. The summed E-state index contributed by atoms with van der Waals surface area (Å²) in [6, 6.07) is 5.51. The molecule has 2 aliphatic rings. The predicted molar refractivity (Wildman–Crippen MR) is 105 cm³/mol. The standard InChI is InChI=1S/C19H26N4O5S/c1-12-9-13(2)11-23(10-12)29(27,28)16-7-3-14(4-8-16)17(24)21-22-19(26)18(25)20-15-5-6-15/h3-4,7-8,12-13,15H,5-6,9-11H2,1-2H3,(H,20,25)(H,21,24)(H,22,26)/t12-,13-/m0/s1. The summed E-state index contributed by atoms with van der Waals surface area (Å²) in [5.74, 6) is -1.84. The summed E-state index contributed by atoms with van der Waals surface area (Å²) >= 11 is 0. The molecule has 2 atom stereocenters. The van der Waals surface area contributed by atoms with E-state index in [2.05, 4.69) is 10.7 Å². The number of hydrogen-bond acceptors (Lipinski definition) is 5. The molecule has 29 heavy (non-hydrogen) atoms. The Morgan fingerprint density at radius 1 is 0.931 bits per heavy atom. The molecule has 3 N–H and O–H groups in total. The molecule has 1 aliphatic heterocycles. The average molecular weight is 423 g/mol. The van der Waals surface area contributed by atoms with Crippen LogP contribution in [0.15, 0.2) is 29.2 Å². The Bertz CT molecular complexity index is 886. The molecule has 0 spiro atoms. The molecule has 1 aliphatic carbocycles. The molecule has 3 amide bonds. The Balaban J connectivity index is 1.59. The molecule has 158 valence electrons. The van der Waals surface area contributed by atoms with E-state index >= 15 is 0 Å². The number of hydrazine groups is 1. The van der Waals surface area contributed by atoms with Crippen LogP contribution in [0.3, 0.4) is 0 Å². The van der Waals surface area contributed by atoms with Crippen molar-refractivity contribution in [3.63, 3.8) is 0 Å². The first-order chi connectivity index (χ1) is 13.7. The fourth-order valence-electron chi connectivity index (χ4n) is 3.45. The van der Waals surface area contributed by atoms with Crippen LogP contribution in [0.1, 0.15) is 43.5 Å². The van der Waals surface area contributed by atoms with E-state index < -0.39 is 27.7 Å². The maximum Gasteiger partial charge on any atom is 0.327 e. The smallest absolute Gasteiger partial charge is 0.327 e. The molecule has 1 saturated carbocycles. The van der Waals surface area contributed by atoms with Gasteiger partial charge in [-0.2, -0.15) is 4.31 Å². The van der Waals surface area contributed by atoms with Gasteiger partial charge < -0.3 is 5.32 Å². The molecule has 2 fully saturated rings. The number of nitrogens with zero attached hydrogens (tertiary/aromatic N) is 1. The normalized spacial score (nSPS) is 22.6. The summed E-state index contributed by atoms with van der Waals surface area (Å²) < 4.78 is 27.2. The second-order valence-corrected chi connectivity index (χ2v) is 9.89. The van der Waals surface area contributed by atoms with Gasteiger partial charge in [-0.05, 0) is 55.4 Å². The Morgan fingerprint density at radius 3 is 2.07 bits per heavy atom. The van der Waals surface area contributed by atoms with Gasteiger partial charge in [-0.3, -0.25) is 25.2 Å². The fraction of sp³-hybridized carbons (Fsp3) is 0.526. The van der Waals surface area contributed by atoms with Crippen molar-refractivity contribution in [3.8, 4) is 0 Å². The van der Waals surface area contributed by atoms with E-state index in [0.29, 0.717) is 24.9 Å². The maximum atomic E-state index is 12.9. The van der Waals surface area contributed by atoms with E-state index in [1.807, 2.05) is 19.3 Å². The summed E-state index contributed by atoms with van der Waals surface area (Å²) in [6.07, 6.45) is 2.68. The quantitative estimate of drug-likeness (QED) is 0.478. The Kier molecular flexibility index (Phi) is 6.23. The van der Waals surface area contributed by atoms with Gasteiger partial charge in [0.2, 0.25) is 10.0 Å². The van der Waals surface area contributed by atoms with E-state index in [1.165, 1.54) is 28.6 Å². The third-order valence-corrected chi connectivity index (χ3v) is 6.84. The predicted octanol–water partition coefficient (Wildman–Crippen LogP) is 0.393. The van der Waals surface area contributed by atoms with Crippen molar-refractivity contribution < 1.29 is 22.8 Å². The van der Waals surface area contributed by atoms with Gasteiger partial charge >= 0.3 is 11.8 Å². The molecule has 1 aromatic rings. The lowest BCUT2D eigenvalue weighted by atomic mass is 9.94. The van der Waals surface area contributed by atoms with Gasteiger partial charge in [-0.1, -0.05) is 13.8 Å². The first-order valence-corrected chi connectivity index (χ1v) is 11.1. The van der Waals surface area contributed by atoms with Crippen LogP contribution in [0.25, 0.3) is 0 Å². The van der Waals surface area contributed by atoms with Crippen molar-refractivity contribution >= 4 is 27.7 Å². The van der Waals surface area contributed by atoms with Gasteiger partial charge in [0.25, 0.3) is 5.91 Å². The Hall–Kier alpha value is -2.46. The van der Waals surface area contributed by atoms with E-state index in [4.69, 9.17) is 0 Å². The van der Waals surface area contributed by atoms with Gasteiger partial charge in [-0.15, -0.1) is 0 Å². The zero-order chi connectivity index (χ0) is 21.2. The largest absolute Gasteiger partial charge is 0.345 e. The van der Waals surface area contributed by atoms with Crippen LogP contribution < -0.4 is 16.2 Å². The van der Waals surface area contributed by atoms with E-state index in [-0.39, 0.29) is 16.5 Å². The highest BCUT2D eigenvalue weighted by molar-refractivity contribution is 7.89. The van der Waals surface area contributed by atoms with Crippen molar-refractivity contribution in [3.05, 3.63) is 29.8 Å². The van der Waals surface area contributed by atoms with E-state index in [9.17, 15) is 22.8 Å². The zero-order valence-corrected chi connectivity index (χ0v) is 17.3. The molecule has 1 saturated heterocycles. The minimum absolute atomic E-state index is 0.0318. The van der Waals surface area contributed by atoms with E-state index in [1.54, 1.807) is 0 Å². The summed E-state index contributed by atoms with van der Waals surface area (Å²) in [6.45, 7) is 5.02. The lowest BCUT2D eigenvalue weighted by Crippen LogP contribution is -2.49. The highest BCUT2D eigenvalue weighted by Crippen LogP contribution is 2.26. The SMILES string of the molecule is C[C@H]1C[C@H](C)CN(S(=O)(=O)c2ccc(C(=O)NNC(=O)C(=O)NC3CC3)cc2)C1. The van der Waals surface area contributed by atoms with E-state index in [0.717, 1.165) is 19.3 Å². The third-order valence-electron chi connectivity index (χ3n) is 5.00. The number of amides is 3. The Labute approximate surface area is 170 Å². The number of carbonyl (C=O) groups is 3. The van der Waals surface area contributed by atoms with Gasteiger partial charge in [0.1, 0.15) is 0 Å². The molecule has 0 aromatic heterocycles. The minimum Gasteiger partial charge on any atom is -0.345 e. The van der Waals surface area contributed by atoms with Crippen LogP contribution in [0, 0.1) is 11.8 Å². The summed E-state index contributed by atoms with van der Waals surface area (Å²) in [4.78, 5) is 35.4. The lowest BCUT2D eigenvalue weighted by Gasteiger charge is -2.34. The van der Waals surface area contributed by atoms with Crippen LogP contribution in [0.5, 0.6) is 0 Å². The topological polar surface area (TPSA) is 125 Å². The highest BCUT2D eigenvalue weighted by Gasteiger charge is 2.31. The first-order valence-electron chi connectivity index (χ1n) is 9.68. The van der Waals surface area contributed by atoms with Gasteiger partial charge in [-0.25, -0.2) is 8.42 Å². The van der Waals surface area contributed by atoms with Crippen LogP contribution in [-0.4, -0.2) is 49.6 Å². The number of sulfonamides is 1. The molecule has 10 heteroatoms. The number of carbonyl (C=O) groups excluding carboxylic acids is 3. The van der Waals surface area contributed by atoms with Gasteiger partial charge in [0.05, 0.1) is 4.90 Å². The second-order valence-electron chi connectivity index (χ2n) is 7.95. The number of piperidine rings is 1. The van der Waals surface area contributed by atoms with Crippen LogP contribution in [-0.2, 0) is 19.6 Å².